The van der Waals surface area contributed by atoms with E-state index in [0.29, 0.717) is 6.54 Å². The minimum Gasteiger partial charge on any atom is -0.368 e. The van der Waals surface area contributed by atoms with Crippen LogP contribution in [0.4, 0.5) is 5.82 Å². The van der Waals surface area contributed by atoms with Crippen molar-refractivity contribution in [3.63, 3.8) is 0 Å². The maximum absolute atomic E-state index is 5.09. The average molecular weight is 470 g/mol. The highest BCUT2D eigenvalue weighted by molar-refractivity contribution is 5.91. The number of pyridine rings is 1. The molecule has 0 saturated heterocycles. The molecule has 3 aromatic carbocycles. The summed E-state index contributed by atoms with van der Waals surface area (Å²) < 4.78 is 2.09. The Hall–Kier alpha value is -4.51. The molecule has 3 aromatic heterocycles. The summed E-state index contributed by atoms with van der Waals surface area (Å²) in [7, 11) is 0. The zero-order valence-corrected chi connectivity index (χ0v) is 20.4. The number of anilines is 1. The molecule has 36 heavy (non-hydrogen) atoms. The van der Waals surface area contributed by atoms with E-state index in [-0.39, 0.29) is 5.92 Å². The summed E-state index contributed by atoms with van der Waals surface area (Å²) in [5.74, 6) is 1.75. The molecule has 6 aromatic rings. The van der Waals surface area contributed by atoms with Gasteiger partial charge in [0.05, 0.1) is 5.52 Å². The third-order valence-electron chi connectivity index (χ3n) is 6.84. The van der Waals surface area contributed by atoms with Gasteiger partial charge in [0, 0.05) is 41.5 Å². The van der Waals surface area contributed by atoms with Gasteiger partial charge in [0.25, 0.3) is 0 Å². The Morgan fingerprint density at radius 2 is 1.47 bits per heavy atom. The van der Waals surface area contributed by atoms with Crippen LogP contribution in [0.2, 0.25) is 0 Å². The minimum absolute atomic E-state index is 0.190. The number of hydrogen-bond acceptors (Lipinski definition) is 4. The number of nitrogens with one attached hydrogen (secondary N) is 1. The van der Waals surface area contributed by atoms with Crippen molar-refractivity contribution in [3.05, 3.63) is 126 Å². The van der Waals surface area contributed by atoms with Crippen molar-refractivity contribution < 1.29 is 0 Å². The van der Waals surface area contributed by atoms with Gasteiger partial charge in [-0.1, -0.05) is 72.8 Å². The Kier molecular flexibility index (Phi) is 5.66. The summed E-state index contributed by atoms with van der Waals surface area (Å²) in [4.78, 5) is 14.5. The van der Waals surface area contributed by atoms with Gasteiger partial charge in [0.15, 0.2) is 5.82 Å². The molecule has 0 unspecified atom stereocenters. The van der Waals surface area contributed by atoms with Crippen molar-refractivity contribution in [2.75, 3.05) is 11.9 Å². The van der Waals surface area contributed by atoms with E-state index >= 15 is 0 Å². The van der Waals surface area contributed by atoms with Crippen LogP contribution in [-0.4, -0.2) is 25.9 Å². The Bertz CT molecular complexity index is 1620. The van der Waals surface area contributed by atoms with E-state index in [0.717, 1.165) is 45.0 Å². The van der Waals surface area contributed by atoms with E-state index in [1.54, 1.807) is 0 Å². The van der Waals surface area contributed by atoms with Gasteiger partial charge in [-0.15, -0.1) is 0 Å². The normalized spacial score (nSPS) is 11.4. The quantitative estimate of drug-likeness (QED) is 0.291. The second-order valence-electron chi connectivity index (χ2n) is 9.11. The van der Waals surface area contributed by atoms with Gasteiger partial charge in [0.2, 0.25) is 0 Å². The lowest BCUT2D eigenvalue weighted by molar-refractivity contribution is 0.849. The van der Waals surface area contributed by atoms with E-state index in [1.807, 2.05) is 24.5 Å². The SMILES string of the molecule is Cc1cc2nccn2c(C)c1-c1nc(NCC(c2ccccc2)c2ccccc2)c2ccccc2n1. The Labute approximate surface area is 210 Å². The zero-order valence-electron chi connectivity index (χ0n) is 20.4. The summed E-state index contributed by atoms with van der Waals surface area (Å²) in [5, 5.41) is 4.71. The third-order valence-corrected chi connectivity index (χ3v) is 6.84. The molecule has 0 radical (unpaired) electrons. The Balaban J connectivity index is 1.44. The molecule has 5 heteroatoms. The largest absolute Gasteiger partial charge is 0.368 e. The van der Waals surface area contributed by atoms with Crippen molar-refractivity contribution in [1.82, 2.24) is 19.4 Å². The van der Waals surface area contributed by atoms with Crippen LogP contribution in [0.5, 0.6) is 0 Å². The Morgan fingerprint density at radius 1 is 0.806 bits per heavy atom. The van der Waals surface area contributed by atoms with Crippen LogP contribution in [0.1, 0.15) is 28.3 Å². The summed E-state index contributed by atoms with van der Waals surface area (Å²) >= 11 is 0. The first-order valence-electron chi connectivity index (χ1n) is 12.2. The first-order chi connectivity index (χ1) is 17.7. The number of benzene rings is 3. The van der Waals surface area contributed by atoms with Crippen molar-refractivity contribution in [2.45, 2.75) is 19.8 Å². The van der Waals surface area contributed by atoms with Gasteiger partial charge in [0.1, 0.15) is 11.5 Å². The second kappa shape index (κ2) is 9.27. The number of para-hydroxylation sites is 1. The molecular formula is C31H27N5. The maximum atomic E-state index is 5.09. The van der Waals surface area contributed by atoms with Gasteiger partial charge >= 0.3 is 0 Å². The fraction of sp³-hybridized carbons (Fsp3) is 0.129. The first kappa shape index (κ1) is 22.0. The van der Waals surface area contributed by atoms with Crippen molar-refractivity contribution >= 4 is 22.4 Å². The van der Waals surface area contributed by atoms with Crippen LogP contribution >= 0.6 is 0 Å². The van der Waals surface area contributed by atoms with Crippen molar-refractivity contribution in [3.8, 4) is 11.4 Å². The molecule has 176 valence electrons. The molecule has 6 rings (SSSR count). The van der Waals surface area contributed by atoms with E-state index < -0.39 is 0 Å². The highest BCUT2D eigenvalue weighted by Gasteiger charge is 2.18. The predicted octanol–water partition coefficient (Wildman–Crippen LogP) is 6.81. The molecule has 0 saturated carbocycles. The van der Waals surface area contributed by atoms with Gasteiger partial charge in [-0.2, -0.15) is 0 Å². The maximum Gasteiger partial charge on any atom is 0.164 e. The van der Waals surface area contributed by atoms with Crippen molar-refractivity contribution in [2.24, 2.45) is 0 Å². The smallest absolute Gasteiger partial charge is 0.164 e. The molecule has 5 nitrogen and oxygen atoms in total. The van der Waals surface area contributed by atoms with Crippen LogP contribution in [0, 0.1) is 13.8 Å². The molecule has 0 fully saturated rings. The van der Waals surface area contributed by atoms with Gasteiger partial charge in [-0.3, -0.25) is 0 Å². The molecule has 1 N–H and O–H groups in total. The molecule has 0 atom stereocenters. The standard InChI is InChI=1S/C31H27N5/c1-21-19-28-32-17-18-36(28)22(2)29(21)31-34-27-16-10-9-15-25(27)30(35-31)33-20-26(23-11-5-3-6-12-23)24-13-7-4-8-14-24/h3-19,26H,20H2,1-2H3,(H,33,34,35). The van der Waals surface area contributed by atoms with E-state index in [9.17, 15) is 0 Å². The van der Waals surface area contributed by atoms with Crippen LogP contribution in [0.3, 0.4) is 0 Å². The summed E-state index contributed by atoms with van der Waals surface area (Å²) in [6.07, 6.45) is 3.81. The molecule has 3 heterocycles. The lowest BCUT2D eigenvalue weighted by atomic mass is 9.91. The predicted molar refractivity (Wildman–Crippen MR) is 146 cm³/mol. The Morgan fingerprint density at radius 3 is 2.19 bits per heavy atom. The third kappa shape index (κ3) is 3.99. The lowest BCUT2D eigenvalue weighted by Gasteiger charge is -2.20. The summed E-state index contributed by atoms with van der Waals surface area (Å²) in [6.45, 7) is 4.92. The van der Waals surface area contributed by atoms with Crippen molar-refractivity contribution in [1.29, 1.82) is 0 Å². The van der Waals surface area contributed by atoms with Crippen LogP contribution in [0.25, 0.3) is 27.9 Å². The number of imidazole rings is 1. The molecule has 0 bridgehead atoms. The molecule has 0 amide bonds. The molecular weight excluding hydrogens is 442 g/mol. The highest BCUT2D eigenvalue weighted by Crippen LogP contribution is 2.31. The minimum atomic E-state index is 0.190. The number of aryl methyl sites for hydroxylation is 2. The number of hydrogen-bond donors (Lipinski definition) is 1. The van der Waals surface area contributed by atoms with Crippen LogP contribution < -0.4 is 5.32 Å². The molecule has 0 spiro atoms. The fourth-order valence-electron chi connectivity index (χ4n) is 5.04. The average Bonchev–Trinajstić information content (AvgIpc) is 3.39. The summed E-state index contributed by atoms with van der Waals surface area (Å²) in [5.41, 5.74) is 7.62. The lowest BCUT2D eigenvalue weighted by Crippen LogP contribution is -2.15. The van der Waals surface area contributed by atoms with Crippen LogP contribution in [0.15, 0.2) is 103 Å². The second-order valence-corrected chi connectivity index (χ2v) is 9.11. The fourth-order valence-corrected chi connectivity index (χ4v) is 5.04. The first-order valence-corrected chi connectivity index (χ1v) is 12.2. The zero-order chi connectivity index (χ0) is 24.5. The molecule has 0 aliphatic carbocycles. The van der Waals surface area contributed by atoms with E-state index in [1.165, 1.54) is 11.1 Å². The summed E-state index contributed by atoms with van der Waals surface area (Å²) in [6, 6.07) is 31.6. The topological polar surface area (TPSA) is 55.1 Å². The van der Waals surface area contributed by atoms with Gasteiger partial charge < -0.3 is 9.72 Å². The molecule has 0 aliphatic heterocycles. The number of rotatable bonds is 6. The molecule has 0 aliphatic rings. The number of nitrogens with zero attached hydrogens (tertiary/aromatic N) is 4. The van der Waals surface area contributed by atoms with Crippen LogP contribution in [-0.2, 0) is 0 Å². The highest BCUT2D eigenvalue weighted by atomic mass is 15.0. The van der Waals surface area contributed by atoms with Gasteiger partial charge in [-0.05, 0) is 48.7 Å². The number of aromatic nitrogens is 4. The van der Waals surface area contributed by atoms with Gasteiger partial charge in [-0.25, -0.2) is 15.0 Å². The van der Waals surface area contributed by atoms with E-state index in [2.05, 4.69) is 107 Å². The van der Waals surface area contributed by atoms with E-state index in [4.69, 9.17) is 9.97 Å². The number of fused-ring (bicyclic) bond motifs is 2. The monoisotopic (exact) mass is 469 g/mol.